The fourth-order valence-electron chi connectivity index (χ4n) is 8.73. The number of hydrogen-bond acceptors (Lipinski definition) is 2. The van der Waals surface area contributed by atoms with E-state index in [0.29, 0.717) is 0 Å². The Labute approximate surface area is 335 Å². The smallest absolute Gasteiger partial charge is 0.0546 e. The van der Waals surface area contributed by atoms with Crippen molar-refractivity contribution in [3.8, 4) is 33.4 Å². The molecule has 0 radical (unpaired) electrons. The van der Waals surface area contributed by atoms with Crippen LogP contribution in [0, 0.1) is 0 Å². The Balaban J connectivity index is 1.12. The van der Waals surface area contributed by atoms with Gasteiger partial charge in [0, 0.05) is 39.4 Å². The highest BCUT2D eigenvalue weighted by Gasteiger charge is 2.35. The van der Waals surface area contributed by atoms with Gasteiger partial charge in [0.1, 0.15) is 0 Å². The zero-order valence-electron chi connectivity index (χ0n) is 32.2. The molecular formula is C55H42N2. The number of fused-ring (bicyclic) bond motifs is 4. The van der Waals surface area contributed by atoms with Gasteiger partial charge in [-0.1, -0.05) is 159 Å². The van der Waals surface area contributed by atoms with Crippen molar-refractivity contribution < 1.29 is 0 Å². The molecule has 2 nitrogen and oxygen atoms in total. The Morgan fingerprint density at radius 2 is 0.754 bits per heavy atom. The molecule has 0 atom stereocenters. The standard InChI is InChI=1S/C55H42N2/c1-55(2)52-25-15-14-24-49(52)50-35-34-48(38-53(50)55)56(44-22-10-5-11-23-44)45-30-32-47(33-31-45)57(46-28-26-40(27-29-46)39-16-6-3-7-17-39)54-37-43-21-13-12-20-42(43)36-51(54)41-18-8-4-9-19-41/h3-38H,1-2H3. The van der Waals surface area contributed by atoms with Crippen LogP contribution in [0.1, 0.15) is 25.0 Å². The lowest BCUT2D eigenvalue weighted by atomic mass is 9.82. The van der Waals surface area contributed by atoms with Crippen LogP contribution in [0.15, 0.2) is 218 Å². The number of nitrogens with zero attached hydrogens (tertiary/aromatic N) is 2. The molecule has 1 aliphatic carbocycles. The maximum Gasteiger partial charge on any atom is 0.0546 e. The van der Waals surface area contributed by atoms with Gasteiger partial charge in [-0.25, -0.2) is 0 Å². The molecule has 0 aromatic heterocycles. The first-order chi connectivity index (χ1) is 28.0. The third-order valence-electron chi connectivity index (χ3n) is 11.6. The van der Waals surface area contributed by atoms with Crippen LogP contribution in [0.25, 0.3) is 44.2 Å². The van der Waals surface area contributed by atoms with Gasteiger partial charge in [-0.05, 0) is 123 Å². The Morgan fingerprint density at radius 3 is 1.42 bits per heavy atom. The SMILES string of the molecule is CC1(C)c2ccccc2-c2ccc(N(c3ccccc3)c3ccc(N(c4ccc(-c5ccccc5)cc4)c4cc5ccccc5cc4-c4ccccc4)cc3)cc21. The molecule has 0 spiro atoms. The maximum absolute atomic E-state index is 2.41. The second kappa shape index (κ2) is 14.2. The van der Waals surface area contributed by atoms with Gasteiger partial charge in [0.2, 0.25) is 0 Å². The normalized spacial score (nSPS) is 12.5. The zero-order valence-corrected chi connectivity index (χ0v) is 32.2. The van der Waals surface area contributed by atoms with Crippen LogP contribution < -0.4 is 9.80 Å². The number of hydrogen-bond donors (Lipinski definition) is 0. The summed E-state index contributed by atoms with van der Waals surface area (Å²) in [5.74, 6) is 0. The first-order valence-electron chi connectivity index (χ1n) is 19.8. The predicted octanol–water partition coefficient (Wildman–Crippen LogP) is 15.4. The molecule has 0 bridgehead atoms. The van der Waals surface area contributed by atoms with Crippen molar-refractivity contribution in [2.75, 3.05) is 9.80 Å². The second-order valence-corrected chi connectivity index (χ2v) is 15.4. The maximum atomic E-state index is 2.41. The van der Waals surface area contributed by atoms with Gasteiger partial charge in [-0.3, -0.25) is 0 Å². The van der Waals surface area contributed by atoms with E-state index < -0.39 is 0 Å². The Bertz CT molecular complexity index is 2840. The zero-order chi connectivity index (χ0) is 38.3. The molecule has 0 amide bonds. The van der Waals surface area contributed by atoms with E-state index in [1.807, 2.05) is 0 Å². The number of rotatable bonds is 8. The van der Waals surface area contributed by atoms with Crippen LogP contribution in [0.2, 0.25) is 0 Å². The quantitative estimate of drug-likeness (QED) is 0.154. The summed E-state index contributed by atoms with van der Waals surface area (Å²) in [5.41, 5.74) is 16.7. The molecule has 0 fully saturated rings. The van der Waals surface area contributed by atoms with Crippen molar-refractivity contribution in [3.05, 3.63) is 230 Å². The van der Waals surface area contributed by atoms with Crippen molar-refractivity contribution in [1.82, 2.24) is 0 Å². The van der Waals surface area contributed by atoms with Crippen LogP contribution in [-0.4, -0.2) is 0 Å². The van der Waals surface area contributed by atoms with E-state index in [1.165, 1.54) is 55.3 Å². The van der Waals surface area contributed by atoms with Crippen LogP contribution in [-0.2, 0) is 5.41 Å². The largest absolute Gasteiger partial charge is 0.310 e. The molecule has 0 unspecified atom stereocenters. The topological polar surface area (TPSA) is 6.48 Å². The monoisotopic (exact) mass is 730 g/mol. The summed E-state index contributed by atoms with van der Waals surface area (Å²) in [7, 11) is 0. The lowest BCUT2D eigenvalue weighted by molar-refractivity contribution is 0.660. The summed E-state index contributed by atoms with van der Waals surface area (Å²) in [5, 5.41) is 2.42. The molecule has 0 heterocycles. The highest BCUT2D eigenvalue weighted by atomic mass is 15.2. The van der Waals surface area contributed by atoms with Gasteiger partial charge in [0.15, 0.2) is 0 Å². The molecule has 0 saturated heterocycles. The van der Waals surface area contributed by atoms with E-state index in [1.54, 1.807) is 0 Å². The van der Waals surface area contributed by atoms with Crippen molar-refractivity contribution in [3.63, 3.8) is 0 Å². The third-order valence-corrected chi connectivity index (χ3v) is 11.6. The molecule has 2 heteroatoms. The second-order valence-electron chi connectivity index (χ2n) is 15.4. The van der Waals surface area contributed by atoms with Gasteiger partial charge in [0.25, 0.3) is 0 Å². The highest BCUT2D eigenvalue weighted by molar-refractivity contribution is 5.98. The first kappa shape index (κ1) is 34.3. The molecule has 9 aromatic carbocycles. The van der Waals surface area contributed by atoms with Gasteiger partial charge < -0.3 is 9.80 Å². The van der Waals surface area contributed by atoms with Crippen LogP contribution in [0.4, 0.5) is 34.1 Å². The highest BCUT2D eigenvalue weighted by Crippen LogP contribution is 2.51. The molecule has 272 valence electrons. The number of anilines is 6. The van der Waals surface area contributed by atoms with Gasteiger partial charge in [0.05, 0.1) is 5.69 Å². The lowest BCUT2D eigenvalue weighted by Gasteiger charge is -2.30. The van der Waals surface area contributed by atoms with E-state index in [-0.39, 0.29) is 5.41 Å². The molecule has 0 aliphatic heterocycles. The van der Waals surface area contributed by atoms with Gasteiger partial charge in [-0.2, -0.15) is 0 Å². The summed E-state index contributed by atoms with van der Waals surface area (Å²) >= 11 is 0. The Kier molecular flexibility index (Phi) is 8.53. The van der Waals surface area contributed by atoms with Crippen molar-refractivity contribution >= 4 is 44.9 Å². The minimum absolute atomic E-state index is 0.0962. The summed E-state index contributed by atoms with van der Waals surface area (Å²) in [4.78, 5) is 4.79. The lowest BCUT2D eigenvalue weighted by Crippen LogP contribution is -2.16. The van der Waals surface area contributed by atoms with E-state index in [9.17, 15) is 0 Å². The third kappa shape index (κ3) is 6.16. The van der Waals surface area contributed by atoms with Gasteiger partial charge in [-0.15, -0.1) is 0 Å². The molecule has 1 aliphatic rings. The molecule has 10 rings (SSSR count). The summed E-state index contributed by atoms with van der Waals surface area (Å²) in [6.45, 7) is 4.70. The fraction of sp³-hybridized carbons (Fsp3) is 0.0545. The van der Waals surface area contributed by atoms with E-state index in [4.69, 9.17) is 0 Å². The molecule has 57 heavy (non-hydrogen) atoms. The predicted molar refractivity (Wildman–Crippen MR) is 242 cm³/mol. The van der Waals surface area contributed by atoms with E-state index in [2.05, 4.69) is 242 Å². The average molecular weight is 731 g/mol. The number of para-hydroxylation sites is 1. The first-order valence-corrected chi connectivity index (χ1v) is 19.8. The average Bonchev–Trinajstić information content (AvgIpc) is 3.50. The minimum Gasteiger partial charge on any atom is -0.310 e. The van der Waals surface area contributed by atoms with Crippen molar-refractivity contribution in [2.24, 2.45) is 0 Å². The van der Waals surface area contributed by atoms with Crippen LogP contribution in [0.5, 0.6) is 0 Å². The van der Waals surface area contributed by atoms with Crippen LogP contribution >= 0.6 is 0 Å². The summed E-state index contributed by atoms with van der Waals surface area (Å²) < 4.78 is 0. The summed E-state index contributed by atoms with van der Waals surface area (Å²) in [6.07, 6.45) is 0. The van der Waals surface area contributed by atoms with E-state index >= 15 is 0 Å². The van der Waals surface area contributed by atoms with Gasteiger partial charge >= 0.3 is 0 Å². The van der Waals surface area contributed by atoms with Crippen molar-refractivity contribution in [1.29, 1.82) is 0 Å². The summed E-state index contributed by atoms with van der Waals surface area (Å²) in [6, 6.07) is 79.3. The Morgan fingerprint density at radius 1 is 0.298 bits per heavy atom. The fourth-order valence-corrected chi connectivity index (χ4v) is 8.73. The van der Waals surface area contributed by atoms with Crippen molar-refractivity contribution in [2.45, 2.75) is 19.3 Å². The molecular weight excluding hydrogens is 689 g/mol. The minimum atomic E-state index is -0.0962. The van der Waals surface area contributed by atoms with E-state index in [0.717, 1.165) is 34.1 Å². The number of benzene rings is 9. The molecule has 9 aromatic rings. The molecule has 0 N–H and O–H groups in total. The Hall–Kier alpha value is -7.16. The van der Waals surface area contributed by atoms with Crippen LogP contribution in [0.3, 0.4) is 0 Å². The molecule has 0 saturated carbocycles.